The maximum atomic E-state index is 5.73. The predicted octanol–water partition coefficient (Wildman–Crippen LogP) is 3.00. The highest BCUT2D eigenvalue weighted by Gasteiger charge is 2.38. The first-order chi connectivity index (χ1) is 9.13. The second-order valence-electron chi connectivity index (χ2n) is 5.43. The van der Waals surface area contributed by atoms with Crippen molar-refractivity contribution < 1.29 is 9.47 Å². The van der Waals surface area contributed by atoms with Crippen LogP contribution in [0.3, 0.4) is 0 Å². The van der Waals surface area contributed by atoms with Gasteiger partial charge in [0.1, 0.15) is 5.75 Å². The fraction of sp³-hybridized carbons (Fsp3) is 0.625. The summed E-state index contributed by atoms with van der Waals surface area (Å²) < 4.78 is 11.4. The second kappa shape index (κ2) is 5.93. The zero-order chi connectivity index (χ0) is 14.0. The number of aryl methyl sites for hydroxylation is 1. The van der Waals surface area contributed by atoms with Gasteiger partial charge in [0.05, 0.1) is 19.3 Å². The van der Waals surface area contributed by atoms with Gasteiger partial charge in [-0.2, -0.15) is 0 Å². The minimum Gasteiger partial charge on any atom is -0.496 e. The summed E-state index contributed by atoms with van der Waals surface area (Å²) in [6.07, 6.45) is 2.76. The molecular weight excluding hydrogens is 238 g/mol. The van der Waals surface area contributed by atoms with E-state index in [1.807, 2.05) is 7.05 Å². The molecule has 19 heavy (non-hydrogen) atoms. The van der Waals surface area contributed by atoms with E-state index in [4.69, 9.17) is 9.47 Å². The largest absolute Gasteiger partial charge is 0.496 e. The summed E-state index contributed by atoms with van der Waals surface area (Å²) in [6.45, 7) is 4.23. The lowest BCUT2D eigenvalue weighted by molar-refractivity contribution is 0.0523. The lowest BCUT2D eigenvalue weighted by atomic mass is 9.93. The van der Waals surface area contributed by atoms with Crippen LogP contribution in [0.5, 0.6) is 5.75 Å². The molecule has 1 fully saturated rings. The number of hydrogen-bond donors (Lipinski definition) is 1. The molecule has 1 aliphatic rings. The molecule has 2 atom stereocenters. The average Bonchev–Trinajstić information content (AvgIpc) is 3.23. The van der Waals surface area contributed by atoms with Crippen LogP contribution in [0.4, 0.5) is 0 Å². The molecule has 1 aromatic rings. The Balaban J connectivity index is 2.39. The Morgan fingerprint density at radius 2 is 1.89 bits per heavy atom. The molecule has 0 amide bonds. The van der Waals surface area contributed by atoms with E-state index in [0.29, 0.717) is 5.92 Å². The van der Waals surface area contributed by atoms with Gasteiger partial charge in [-0.25, -0.2) is 0 Å². The topological polar surface area (TPSA) is 30.5 Å². The normalized spacial score (nSPS) is 18.2. The predicted molar refractivity (Wildman–Crippen MR) is 77.8 cm³/mol. The van der Waals surface area contributed by atoms with E-state index in [0.717, 1.165) is 5.75 Å². The Labute approximate surface area is 116 Å². The first-order valence-electron chi connectivity index (χ1n) is 6.98. The Kier molecular flexibility index (Phi) is 4.48. The zero-order valence-electron chi connectivity index (χ0n) is 12.6. The van der Waals surface area contributed by atoms with E-state index in [2.05, 4.69) is 31.3 Å². The molecule has 1 aliphatic carbocycles. The molecule has 0 radical (unpaired) electrons. The Hall–Kier alpha value is -1.06. The van der Waals surface area contributed by atoms with Crippen molar-refractivity contribution in [2.24, 2.45) is 5.92 Å². The molecule has 3 heteroatoms. The third-order valence-electron chi connectivity index (χ3n) is 4.24. The van der Waals surface area contributed by atoms with Gasteiger partial charge in [-0.15, -0.1) is 0 Å². The number of nitrogens with one attached hydrogen (secondary N) is 1. The molecule has 0 heterocycles. The maximum absolute atomic E-state index is 5.73. The summed E-state index contributed by atoms with van der Waals surface area (Å²) in [7, 11) is 5.55. The van der Waals surface area contributed by atoms with Gasteiger partial charge in [0.15, 0.2) is 0 Å². The highest BCUT2D eigenvalue weighted by Crippen LogP contribution is 2.42. The molecule has 0 aromatic heterocycles. The van der Waals surface area contributed by atoms with Crippen molar-refractivity contribution in [3.63, 3.8) is 0 Å². The minimum absolute atomic E-state index is 0.187. The van der Waals surface area contributed by atoms with Crippen LogP contribution in [0.15, 0.2) is 12.1 Å². The van der Waals surface area contributed by atoms with E-state index in [-0.39, 0.29) is 12.1 Å². The van der Waals surface area contributed by atoms with Gasteiger partial charge in [0.2, 0.25) is 0 Å². The van der Waals surface area contributed by atoms with Crippen LogP contribution < -0.4 is 10.1 Å². The van der Waals surface area contributed by atoms with Crippen LogP contribution >= 0.6 is 0 Å². The van der Waals surface area contributed by atoms with E-state index in [1.54, 1.807) is 14.2 Å². The van der Waals surface area contributed by atoms with Crippen LogP contribution in [0.25, 0.3) is 0 Å². The van der Waals surface area contributed by atoms with Crippen molar-refractivity contribution in [3.8, 4) is 5.75 Å². The molecule has 0 spiro atoms. The van der Waals surface area contributed by atoms with Crippen molar-refractivity contribution in [1.82, 2.24) is 5.32 Å². The van der Waals surface area contributed by atoms with Crippen molar-refractivity contribution in [2.75, 3.05) is 21.3 Å². The highest BCUT2D eigenvalue weighted by atomic mass is 16.5. The van der Waals surface area contributed by atoms with Crippen molar-refractivity contribution in [2.45, 2.75) is 38.8 Å². The monoisotopic (exact) mass is 263 g/mol. The zero-order valence-corrected chi connectivity index (χ0v) is 12.6. The summed E-state index contributed by atoms with van der Waals surface area (Å²) >= 11 is 0. The highest BCUT2D eigenvalue weighted by molar-refractivity contribution is 5.47. The SMILES string of the molecule is CNC(c1ccc(C)c(C)c1OC)C(OC)C1CC1. The van der Waals surface area contributed by atoms with Gasteiger partial charge in [-0.3, -0.25) is 0 Å². The smallest absolute Gasteiger partial charge is 0.126 e. The third-order valence-corrected chi connectivity index (χ3v) is 4.24. The number of methoxy groups -OCH3 is 2. The Morgan fingerprint density at radius 1 is 1.21 bits per heavy atom. The molecule has 106 valence electrons. The number of benzene rings is 1. The van der Waals surface area contributed by atoms with Crippen molar-refractivity contribution >= 4 is 0 Å². The summed E-state index contributed by atoms with van der Waals surface area (Å²) in [5.41, 5.74) is 3.67. The number of ether oxygens (including phenoxy) is 2. The standard InChI is InChI=1S/C16H25NO2/c1-10-6-9-13(15(18-4)11(10)2)14(17-3)16(19-5)12-7-8-12/h6,9,12,14,16-17H,7-8H2,1-5H3. The lowest BCUT2D eigenvalue weighted by Crippen LogP contribution is -2.33. The molecule has 0 aliphatic heterocycles. The van der Waals surface area contributed by atoms with Crippen molar-refractivity contribution in [3.05, 3.63) is 28.8 Å². The quantitative estimate of drug-likeness (QED) is 0.856. The van der Waals surface area contributed by atoms with Crippen LogP contribution in [-0.4, -0.2) is 27.4 Å². The lowest BCUT2D eigenvalue weighted by Gasteiger charge is -2.28. The van der Waals surface area contributed by atoms with Gasteiger partial charge < -0.3 is 14.8 Å². The molecule has 1 aromatic carbocycles. The van der Waals surface area contributed by atoms with Gasteiger partial charge in [0.25, 0.3) is 0 Å². The van der Waals surface area contributed by atoms with Crippen LogP contribution in [0.1, 0.15) is 35.6 Å². The van der Waals surface area contributed by atoms with Gasteiger partial charge in [0, 0.05) is 12.7 Å². The number of hydrogen-bond acceptors (Lipinski definition) is 3. The molecule has 2 rings (SSSR count). The summed E-state index contributed by atoms with van der Waals surface area (Å²) in [4.78, 5) is 0. The molecule has 1 N–H and O–H groups in total. The van der Waals surface area contributed by atoms with Crippen molar-refractivity contribution in [1.29, 1.82) is 0 Å². The Bertz CT molecular complexity index is 441. The first kappa shape index (κ1) is 14.4. The maximum Gasteiger partial charge on any atom is 0.126 e. The molecule has 0 bridgehead atoms. The van der Waals surface area contributed by atoms with Crippen LogP contribution in [0, 0.1) is 19.8 Å². The molecule has 1 saturated carbocycles. The van der Waals surface area contributed by atoms with Crippen LogP contribution in [0.2, 0.25) is 0 Å². The second-order valence-corrected chi connectivity index (χ2v) is 5.43. The van der Waals surface area contributed by atoms with Gasteiger partial charge >= 0.3 is 0 Å². The van der Waals surface area contributed by atoms with Gasteiger partial charge in [-0.1, -0.05) is 12.1 Å². The van der Waals surface area contributed by atoms with E-state index in [1.165, 1.54) is 29.5 Å². The summed E-state index contributed by atoms with van der Waals surface area (Å²) in [5, 5.41) is 3.41. The Morgan fingerprint density at radius 3 is 2.37 bits per heavy atom. The first-order valence-corrected chi connectivity index (χ1v) is 6.98. The van der Waals surface area contributed by atoms with E-state index < -0.39 is 0 Å². The summed E-state index contributed by atoms with van der Waals surface area (Å²) in [6, 6.07) is 4.51. The number of rotatable bonds is 6. The fourth-order valence-electron chi connectivity index (χ4n) is 2.85. The van der Waals surface area contributed by atoms with Crippen LogP contribution in [-0.2, 0) is 4.74 Å². The third kappa shape index (κ3) is 2.77. The molecule has 0 saturated heterocycles. The minimum atomic E-state index is 0.187. The fourth-order valence-corrected chi connectivity index (χ4v) is 2.85. The van der Waals surface area contributed by atoms with E-state index in [9.17, 15) is 0 Å². The molecular formula is C16H25NO2. The van der Waals surface area contributed by atoms with E-state index >= 15 is 0 Å². The number of likely N-dealkylation sites (N-methyl/N-ethyl adjacent to an activating group) is 1. The summed E-state index contributed by atoms with van der Waals surface area (Å²) in [5.74, 6) is 1.66. The molecule has 2 unspecified atom stereocenters. The average molecular weight is 263 g/mol. The molecule has 3 nitrogen and oxygen atoms in total. The van der Waals surface area contributed by atoms with Gasteiger partial charge in [-0.05, 0) is 50.8 Å².